The molecule has 0 radical (unpaired) electrons. The Labute approximate surface area is 102 Å². The molecule has 0 aromatic heterocycles. The zero-order valence-electron chi connectivity index (χ0n) is 10.4. The first kappa shape index (κ1) is 13.4. The molecule has 0 bridgehead atoms. The number of hydrogen-bond donors (Lipinski definition) is 1. The van der Waals surface area contributed by atoms with Gasteiger partial charge in [-0.05, 0) is 18.9 Å². The minimum absolute atomic E-state index is 0.441. The Morgan fingerprint density at radius 3 is 2.53 bits per heavy atom. The number of carboxylic acids is 1. The number of carbonyl (C=O) groups is 1. The monoisotopic (exact) mass is 233 g/mol. The zero-order chi connectivity index (χ0) is 12.7. The Kier molecular flexibility index (Phi) is 5.40. The second kappa shape index (κ2) is 6.84. The van der Waals surface area contributed by atoms with Crippen LogP contribution in [0.1, 0.15) is 32.3 Å². The number of aliphatic carboxylic acids is 1. The maximum Gasteiger partial charge on any atom is 0.312 e. The van der Waals surface area contributed by atoms with Crippen molar-refractivity contribution in [1.82, 2.24) is 0 Å². The molecule has 0 saturated heterocycles. The van der Waals surface area contributed by atoms with Crippen LogP contribution in [0.25, 0.3) is 0 Å². The van der Waals surface area contributed by atoms with Crippen LogP contribution in [0.15, 0.2) is 35.3 Å². The molecule has 0 heterocycles. The van der Waals surface area contributed by atoms with E-state index in [1.54, 1.807) is 6.92 Å². The lowest BCUT2D eigenvalue weighted by Gasteiger charge is -2.10. The van der Waals surface area contributed by atoms with Crippen LogP contribution in [-0.4, -0.2) is 16.8 Å². The van der Waals surface area contributed by atoms with E-state index in [0.29, 0.717) is 18.7 Å². The first-order chi connectivity index (χ1) is 8.15. The smallest absolute Gasteiger partial charge is 0.312 e. The molecule has 17 heavy (non-hydrogen) atoms. The van der Waals surface area contributed by atoms with Crippen molar-refractivity contribution in [2.45, 2.75) is 33.2 Å². The second-order valence-corrected chi connectivity index (χ2v) is 4.12. The summed E-state index contributed by atoms with van der Waals surface area (Å²) in [5.74, 6) is -1.22. The van der Waals surface area contributed by atoms with Crippen molar-refractivity contribution >= 4 is 11.7 Å². The van der Waals surface area contributed by atoms with E-state index in [4.69, 9.17) is 5.11 Å². The summed E-state index contributed by atoms with van der Waals surface area (Å²) < 4.78 is 0. The number of benzene rings is 1. The lowest BCUT2D eigenvalue weighted by molar-refractivity contribution is -0.139. The highest BCUT2D eigenvalue weighted by Crippen LogP contribution is 2.11. The maximum atomic E-state index is 11.1. The summed E-state index contributed by atoms with van der Waals surface area (Å²) in [4.78, 5) is 15.4. The van der Waals surface area contributed by atoms with Crippen LogP contribution in [0.4, 0.5) is 0 Å². The number of hydrogen-bond acceptors (Lipinski definition) is 2. The van der Waals surface area contributed by atoms with Gasteiger partial charge in [0.05, 0.1) is 12.5 Å². The first-order valence-electron chi connectivity index (χ1n) is 5.92. The van der Waals surface area contributed by atoms with Gasteiger partial charge in [-0.1, -0.05) is 43.7 Å². The third kappa shape index (κ3) is 4.39. The standard InChI is InChI=1S/C14H19NO2/c1-3-7-13(14(16)17)11(2)15-10-12-8-5-4-6-9-12/h4-6,8-9,13H,3,7,10H2,1-2H3,(H,16,17)/b15-11+. The van der Waals surface area contributed by atoms with Crippen molar-refractivity contribution in [1.29, 1.82) is 0 Å². The molecule has 3 nitrogen and oxygen atoms in total. The number of nitrogens with zero attached hydrogens (tertiary/aromatic N) is 1. The molecule has 3 heteroatoms. The average molecular weight is 233 g/mol. The molecule has 0 aliphatic heterocycles. The Morgan fingerprint density at radius 1 is 1.35 bits per heavy atom. The van der Waals surface area contributed by atoms with Gasteiger partial charge >= 0.3 is 5.97 Å². The van der Waals surface area contributed by atoms with Crippen molar-refractivity contribution in [3.05, 3.63) is 35.9 Å². The predicted octanol–water partition coefficient (Wildman–Crippen LogP) is 3.15. The van der Waals surface area contributed by atoms with Crippen molar-refractivity contribution in [2.75, 3.05) is 0 Å². The molecule has 1 N–H and O–H groups in total. The Bertz CT molecular complexity index is 384. The highest BCUT2D eigenvalue weighted by molar-refractivity contribution is 6.00. The highest BCUT2D eigenvalue weighted by Gasteiger charge is 2.19. The third-order valence-electron chi connectivity index (χ3n) is 2.73. The number of carboxylic acid groups (broad SMARTS) is 1. The van der Waals surface area contributed by atoms with Crippen molar-refractivity contribution < 1.29 is 9.90 Å². The molecule has 0 amide bonds. The van der Waals surface area contributed by atoms with E-state index in [-0.39, 0.29) is 0 Å². The Hall–Kier alpha value is -1.64. The van der Waals surface area contributed by atoms with Crippen LogP contribution in [0, 0.1) is 5.92 Å². The summed E-state index contributed by atoms with van der Waals surface area (Å²) in [7, 11) is 0. The molecule has 0 fully saturated rings. The second-order valence-electron chi connectivity index (χ2n) is 4.12. The number of aliphatic imine (C=N–C) groups is 1. The van der Waals surface area contributed by atoms with E-state index < -0.39 is 11.9 Å². The topological polar surface area (TPSA) is 49.7 Å². The van der Waals surface area contributed by atoms with Crippen molar-refractivity contribution in [2.24, 2.45) is 10.9 Å². The summed E-state index contributed by atoms with van der Waals surface area (Å²) in [6, 6.07) is 9.86. The van der Waals surface area contributed by atoms with E-state index in [1.165, 1.54) is 0 Å². The molecule has 0 saturated carbocycles. The first-order valence-corrected chi connectivity index (χ1v) is 5.92. The quantitative estimate of drug-likeness (QED) is 0.767. The van der Waals surface area contributed by atoms with Gasteiger partial charge in [-0.3, -0.25) is 9.79 Å². The van der Waals surface area contributed by atoms with Gasteiger partial charge in [-0.25, -0.2) is 0 Å². The summed E-state index contributed by atoms with van der Waals surface area (Å²) in [6.07, 6.45) is 1.51. The minimum atomic E-state index is -0.777. The van der Waals surface area contributed by atoms with Crippen LogP contribution in [0.3, 0.4) is 0 Å². The number of rotatable bonds is 6. The molecule has 0 aliphatic carbocycles. The van der Waals surface area contributed by atoms with Gasteiger partial charge < -0.3 is 5.11 Å². The Balaban J connectivity index is 2.67. The van der Waals surface area contributed by atoms with Gasteiger partial charge in [0.2, 0.25) is 0 Å². The summed E-state index contributed by atoms with van der Waals surface area (Å²) in [6.45, 7) is 4.35. The summed E-state index contributed by atoms with van der Waals surface area (Å²) in [5.41, 5.74) is 1.82. The van der Waals surface area contributed by atoms with Crippen LogP contribution in [0.2, 0.25) is 0 Å². The van der Waals surface area contributed by atoms with Crippen molar-refractivity contribution in [3.63, 3.8) is 0 Å². The summed E-state index contributed by atoms with van der Waals surface area (Å²) in [5, 5.41) is 9.09. The molecular formula is C14H19NO2. The minimum Gasteiger partial charge on any atom is -0.481 e. The lowest BCUT2D eigenvalue weighted by Crippen LogP contribution is -2.21. The molecule has 1 aromatic carbocycles. The SMILES string of the molecule is CCCC(C(=O)O)/C(C)=N/Cc1ccccc1. The molecule has 92 valence electrons. The average Bonchev–Trinajstić information content (AvgIpc) is 2.34. The molecule has 1 atom stereocenters. The van der Waals surface area contributed by atoms with Gasteiger partial charge in [-0.15, -0.1) is 0 Å². The van der Waals surface area contributed by atoms with Gasteiger partial charge in [0, 0.05) is 5.71 Å². The van der Waals surface area contributed by atoms with E-state index in [0.717, 1.165) is 12.0 Å². The fraction of sp³-hybridized carbons (Fsp3) is 0.429. The fourth-order valence-electron chi connectivity index (χ4n) is 1.71. The fourth-order valence-corrected chi connectivity index (χ4v) is 1.71. The molecular weight excluding hydrogens is 214 g/mol. The largest absolute Gasteiger partial charge is 0.481 e. The lowest BCUT2D eigenvalue weighted by atomic mass is 9.99. The molecule has 0 aliphatic rings. The Morgan fingerprint density at radius 2 is 2.00 bits per heavy atom. The third-order valence-corrected chi connectivity index (χ3v) is 2.73. The zero-order valence-corrected chi connectivity index (χ0v) is 10.4. The van der Waals surface area contributed by atoms with E-state index in [9.17, 15) is 4.79 Å². The van der Waals surface area contributed by atoms with Crippen LogP contribution in [0.5, 0.6) is 0 Å². The normalized spacial score (nSPS) is 13.4. The molecule has 1 rings (SSSR count). The van der Waals surface area contributed by atoms with Crippen molar-refractivity contribution in [3.8, 4) is 0 Å². The van der Waals surface area contributed by atoms with E-state index in [2.05, 4.69) is 4.99 Å². The molecule has 0 spiro atoms. The maximum absolute atomic E-state index is 11.1. The summed E-state index contributed by atoms with van der Waals surface area (Å²) >= 11 is 0. The van der Waals surface area contributed by atoms with E-state index >= 15 is 0 Å². The molecule has 1 unspecified atom stereocenters. The van der Waals surface area contributed by atoms with Gasteiger partial charge in [-0.2, -0.15) is 0 Å². The van der Waals surface area contributed by atoms with Crippen LogP contribution >= 0.6 is 0 Å². The molecule has 1 aromatic rings. The van der Waals surface area contributed by atoms with E-state index in [1.807, 2.05) is 37.3 Å². The van der Waals surface area contributed by atoms with Gasteiger partial charge in [0.1, 0.15) is 0 Å². The van der Waals surface area contributed by atoms with Gasteiger partial charge in [0.15, 0.2) is 0 Å². The van der Waals surface area contributed by atoms with Gasteiger partial charge in [0.25, 0.3) is 0 Å². The predicted molar refractivity (Wildman–Crippen MR) is 69.3 cm³/mol. The highest BCUT2D eigenvalue weighted by atomic mass is 16.4. The van der Waals surface area contributed by atoms with Crippen LogP contribution in [-0.2, 0) is 11.3 Å². The van der Waals surface area contributed by atoms with Crippen LogP contribution < -0.4 is 0 Å².